The summed E-state index contributed by atoms with van der Waals surface area (Å²) in [6.07, 6.45) is 0.610. The van der Waals surface area contributed by atoms with E-state index < -0.39 is 0 Å². The molecular formula is C14H21N3O2. The molecule has 1 aromatic rings. The topological polar surface area (TPSA) is 61.4 Å². The lowest BCUT2D eigenvalue weighted by Crippen LogP contribution is -2.34. The first kappa shape index (κ1) is 15.2. The van der Waals surface area contributed by atoms with Gasteiger partial charge in [-0.05, 0) is 37.4 Å². The summed E-state index contributed by atoms with van der Waals surface area (Å²) in [5, 5.41) is 5.41. The molecular weight excluding hydrogens is 242 g/mol. The van der Waals surface area contributed by atoms with Gasteiger partial charge < -0.3 is 15.5 Å². The first-order valence-electron chi connectivity index (χ1n) is 6.52. The van der Waals surface area contributed by atoms with Crippen LogP contribution < -0.4 is 10.6 Å². The van der Waals surface area contributed by atoms with E-state index in [9.17, 15) is 9.59 Å². The fraction of sp³-hybridized carbons (Fsp3) is 0.429. The highest BCUT2D eigenvalue weighted by Crippen LogP contribution is 2.08. The van der Waals surface area contributed by atoms with Crippen molar-refractivity contribution in [1.82, 2.24) is 10.2 Å². The summed E-state index contributed by atoms with van der Waals surface area (Å²) in [7, 11) is 0. The van der Waals surface area contributed by atoms with E-state index in [1.165, 1.54) is 0 Å². The molecule has 104 valence electrons. The summed E-state index contributed by atoms with van der Waals surface area (Å²) in [6, 6.07) is 6.79. The van der Waals surface area contributed by atoms with Crippen molar-refractivity contribution in [2.24, 2.45) is 0 Å². The second kappa shape index (κ2) is 8.26. The lowest BCUT2D eigenvalue weighted by atomic mass is 10.2. The highest BCUT2D eigenvalue weighted by Gasteiger charge is 2.05. The van der Waals surface area contributed by atoms with E-state index in [1.54, 1.807) is 24.3 Å². The number of hydrogen-bond donors (Lipinski definition) is 2. The van der Waals surface area contributed by atoms with Gasteiger partial charge in [-0.15, -0.1) is 0 Å². The molecule has 2 N–H and O–H groups in total. The third-order valence-electron chi connectivity index (χ3n) is 2.98. The minimum atomic E-state index is -0.0928. The van der Waals surface area contributed by atoms with Crippen molar-refractivity contribution in [2.75, 3.05) is 31.5 Å². The van der Waals surface area contributed by atoms with E-state index in [4.69, 9.17) is 0 Å². The van der Waals surface area contributed by atoms with E-state index in [-0.39, 0.29) is 5.91 Å². The molecule has 2 amide bonds. The first-order valence-corrected chi connectivity index (χ1v) is 6.52. The van der Waals surface area contributed by atoms with Gasteiger partial charge >= 0.3 is 0 Å². The summed E-state index contributed by atoms with van der Waals surface area (Å²) in [6.45, 7) is 7.66. The van der Waals surface area contributed by atoms with Crippen molar-refractivity contribution in [3.8, 4) is 0 Å². The van der Waals surface area contributed by atoms with Crippen LogP contribution in [-0.2, 0) is 4.79 Å². The van der Waals surface area contributed by atoms with Gasteiger partial charge in [-0.3, -0.25) is 9.59 Å². The highest BCUT2D eigenvalue weighted by molar-refractivity contribution is 5.94. The number of hydrogen-bond acceptors (Lipinski definition) is 3. The van der Waals surface area contributed by atoms with Crippen LogP contribution in [-0.4, -0.2) is 43.4 Å². The maximum Gasteiger partial charge on any atom is 0.251 e. The van der Waals surface area contributed by atoms with Gasteiger partial charge in [0.1, 0.15) is 0 Å². The van der Waals surface area contributed by atoms with Crippen LogP contribution in [0, 0.1) is 0 Å². The Bertz CT molecular complexity index is 400. The average molecular weight is 263 g/mol. The van der Waals surface area contributed by atoms with Gasteiger partial charge in [-0.2, -0.15) is 0 Å². The molecule has 0 heterocycles. The Labute approximate surface area is 114 Å². The predicted octanol–water partition coefficient (Wildman–Crippen LogP) is 1.33. The molecule has 0 spiro atoms. The van der Waals surface area contributed by atoms with Crippen molar-refractivity contribution in [1.29, 1.82) is 0 Å². The molecule has 0 fully saturated rings. The Hall–Kier alpha value is -1.88. The molecule has 0 atom stereocenters. The summed E-state index contributed by atoms with van der Waals surface area (Å²) in [5.74, 6) is -0.0928. The standard InChI is InChI=1S/C14H21N3O2/c1-3-17(4-2)10-9-15-14(19)12-5-7-13(8-6-12)16-11-18/h5-8,11H,3-4,9-10H2,1-2H3,(H,15,19)(H,16,18). The Morgan fingerprint density at radius 2 is 1.84 bits per heavy atom. The number of anilines is 1. The third-order valence-corrected chi connectivity index (χ3v) is 2.98. The molecule has 19 heavy (non-hydrogen) atoms. The summed E-state index contributed by atoms with van der Waals surface area (Å²) >= 11 is 0. The third kappa shape index (κ3) is 5.09. The normalized spacial score (nSPS) is 10.3. The Kier molecular flexibility index (Phi) is 6.60. The lowest BCUT2D eigenvalue weighted by Gasteiger charge is -2.17. The van der Waals surface area contributed by atoms with Crippen LogP contribution in [0.4, 0.5) is 5.69 Å². The maximum atomic E-state index is 11.9. The molecule has 0 unspecified atom stereocenters. The smallest absolute Gasteiger partial charge is 0.251 e. The van der Waals surface area contributed by atoms with Crippen molar-refractivity contribution >= 4 is 18.0 Å². The minimum absolute atomic E-state index is 0.0928. The van der Waals surface area contributed by atoms with Crippen molar-refractivity contribution in [2.45, 2.75) is 13.8 Å². The fourth-order valence-corrected chi connectivity index (χ4v) is 1.76. The summed E-state index contributed by atoms with van der Waals surface area (Å²) < 4.78 is 0. The van der Waals surface area contributed by atoms with Gasteiger partial charge in [0.15, 0.2) is 0 Å². The van der Waals surface area contributed by atoms with Gasteiger partial charge in [0.2, 0.25) is 6.41 Å². The molecule has 0 bridgehead atoms. The second-order valence-electron chi connectivity index (χ2n) is 4.12. The Balaban J connectivity index is 2.42. The number of nitrogens with zero attached hydrogens (tertiary/aromatic N) is 1. The van der Waals surface area contributed by atoms with Crippen molar-refractivity contribution in [3.63, 3.8) is 0 Å². The molecule has 0 saturated heterocycles. The number of benzene rings is 1. The number of amides is 2. The summed E-state index contributed by atoms with van der Waals surface area (Å²) in [5.41, 5.74) is 1.27. The average Bonchev–Trinajstić information content (AvgIpc) is 2.44. The predicted molar refractivity (Wildman–Crippen MR) is 76.2 cm³/mol. The van der Waals surface area contributed by atoms with E-state index in [1.807, 2.05) is 0 Å². The molecule has 1 rings (SSSR count). The quantitative estimate of drug-likeness (QED) is 0.696. The van der Waals surface area contributed by atoms with Gasteiger partial charge in [-0.1, -0.05) is 13.8 Å². The zero-order valence-electron chi connectivity index (χ0n) is 11.5. The zero-order valence-corrected chi connectivity index (χ0v) is 11.5. The van der Waals surface area contributed by atoms with Crippen LogP contribution in [0.2, 0.25) is 0 Å². The minimum Gasteiger partial charge on any atom is -0.351 e. The number of carbonyl (C=O) groups excluding carboxylic acids is 2. The number of likely N-dealkylation sites (N-methyl/N-ethyl adjacent to an activating group) is 1. The van der Waals surface area contributed by atoms with E-state index in [0.717, 1.165) is 19.6 Å². The van der Waals surface area contributed by atoms with E-state index >= 15 is 0 Å². The van der Waals surface area contributed by atoms with E-state index in [2.05, 4.69) is 29.4 Å². The van der Waals surface area contributed by atoms with E-state index in [0.29, 0.717) is 24.2 Å². The zero-order chi connectivity index (χ0) is 14.1. The highest BCUT2D eigenvalue weighted by atomic mass is 16.1. The molecule has 0 saturated carbocycles. The summed E-state index contributed by atoms with van der Waals surface area (Å²) in [4.78, 5) is 24.4. The fourth-order valence-electron chi connectivity index (χ4n) is 1.76. The Morgan fingerprint density at radius 3 is 2.37 bits per heavy atom. The van der Waals surface area contributed by atoms with Crippen LogP contribution in [0.15, 0.2) is 24.3 Å². The number of carbonyl (C=O) groups is 2. The molecule has 5 nitrogen and oxygen atoms in total. The maximum absolute atomic E-state index is 11.9. The molecule has 0 aliphatic rings. The van der Waals surface area contributed by atoms with Gasteiger partial charge in [-0.25, -0.2) is 0 Å². The number of rotatable bonds is 8. The SMILES string of the molecule is CCN(CC)CCNC(=O)c1ccc(NC=O)cc1. The molecule has 0 radical (unpaired) electrons. The molecule has 5 heteroatoms. The van der Waals surface area contributed by atoms with Crippen LogP contribution in [0.1, 0.15) is 24.2 Å². The van der Waals surface area contributed by atoms with Crippen LogP contribution in [0.5, 0.6) is 0 Å². The van der Waals surface area contributed by atoms with Crippen LogP contribution in [0.25, 0.3) is 0 Å². The molecule has 0 aliphatic heterocycles. The second-order valence-corrected chi connectivity index (χ2v) is 4.12. The lowest BCUT2D eigenvalue weighted by molar-refractivity contribution is -0.105. The molecule has 0 aromatic heterocycles. The van der Waals surface area contributed by atoms with Crippen molar-refractivity contribution in [3.05, 3.63) is 29.8 Å². The van der Waals surface area contributed by atoms with Crippen LogP contribution in [0.3, 0.4) is 0 Å². The monoisotopic (exact) mass is 263 g/mol. The largest absolute Gasteiger partial charge is 0.351 e. The Morgan fingerprint density at radius 1 is 1.21 bits per heavy atom. The van der Waals surface area contributed by atoms with Crippen molar-refractivity contribution < 1.29 is 9.59 Å². The molecule has 0 aliphatic carbocycles. The van der Waals surface area contributed by atoms with Crippen LogP contribution >= 0.6 is 0 Å². The first-order chi connectivity index (χ1) is 9.21. The molecule has 1 aromatic carbocycles. The number of nitrogens with one attached hydrogen (secondary N) is 2. The van der Waals surface area contributed by atoms with Gasteiger partial charge in [0, 0.05) is 24.3 Å². The van der Waals surface area contributed by atoms with Gasteiger partial charge in [0.25, 0.3) is 5.91 Å². The van der Waals surface area contributed by atoms with Gasteiger partial charge in [0.05, 0.1) is 0 Å².